The fourth-order valence-corrected chi connectivity index (χ4v) is 5.73. The van der Waals surface area contributed by atoms with Crippen LogP contribution in [0.2, 0.25) is 0 Å². The largest absolute Gasteiger partial charge is 0.383 e. The molecule has 2 atom stereocenters. The third-order valence-electron chi connectivity index (χ3n) is 4.26. The number of aliphatic hydroxyl groups is 1. The summed E-state index contributed by atoms with van der Waals surface area (Å²) in [4.78, 5) is 4.23. The highest BCUT2D eigenvalue weighted by atomic mass is 32.2. The maximum absolute atomic E-state index is 12.0. The van der Waals surface area contributed by atoms with E-state index >= 15 is 0 Å². The number of fused-ring (bicyclic) bond motifs is 2. The van der Waals surface area contributed by atoms with Gasteiger partial charge in [-0.2, -0.15) is 0 Å². The number of nitrogens with zero attached hydrogens (tertiary/aromatic N) is 1. The summed E-state index contributed by atoms with van der Waals surface area (Å²) in [5, 5.41) is 9.98. The number of hydrogen-bond donors (Lipinski definition) is 1. The molecule has 1 aromatic rings. The van der Waals surface area contributed by atoms with Gasteiger partial charge < -0.3 is 5.11 Å². The van der Waals surface area contributed by atoms with Crippen molar-refractivity contribution in [1.82, 2.24) is 4.98 Å². The number of hydrogen-bond acceptors (Lipinski definition) is 4. The number of aryl methyl sites for hydroxylation is 1. The Morgan fingerprint density at radius 1 is 1.33 bits per heavy atom. The van der Waals surface area contributed by atoms with E-state index in [1.807, 2.05) is 19.1 Å². The van der Waals surface area contributed by atoms with Crippen LogP contribution in [0, 0.1) is 6.92 Å². The highest BCUT2D eigenvalue weighted by Crippen LogP contribution is 2.47. The van der Waals surface area contributed by atoms with Gasteiger partial charge in [0, 0.05) is 6.20 Å². The highest BCUT2D eigenvalue weighted by Gasteiger charge is 2.53. The summed E-state index contributed by atoms with van der Waals surface area (Å²) in [7, 11) is -3.01. The van der Waals surface area contributed by atoms with Crippen LogP contribution in [-0.4, -0.2) is 29.0 Å². The smallest absolute Gasteiger partial charge is 0.156 e. The second kappa shape index (κ2) is 3.78. The first-order chi connectivity index (χ1) is 8.42. The minimum Gasteiger partial charge on any atom is -0.383 e. The Bertz CT molecular complexity index is 562. The Morgan fingerprint density at radius 2 is 1.94 bits per heavy atom. The van der Waals surface area contributed by atoms with Crippen molar-refractivity contribution in [3.63, 3.8) is 0 Å². The van der Waals surface area contributed by atoms with Crippen LogP contribution in [0.25, 0.3) is 0 Å². The molecule has 0 spiro atoms. The van der Waals surface area contributed by atoms with Crippen LogP contribution in [0.15, 0.2) is 18.3 Å². The van der Waals surface area contributed by atoms with Crippen molar-refractivity contribution in [2.24, 2.45) is 0 Å². The zero-order valence-corrected chi connectivity index (χ0v) is 11.2. The molecule has 98 valence electrons. The van der Waals surface area contributed by atoms with Gasteiger partial charge >= 0.3 is 0 Å². The lowest BCUT2D eigenvalue weighted by Crippen LogP contribution is -2.43. The average molecular weight is 267 g/mol. The van der Waals surface area contributed by atoms with Crippen molar-refractivity contribution in [3.8, 4) is 0 Å². The molecule has 0 amide bonds. The van der Waals surface area contributed by atoms with Gasteiger partial charge in [-0.25, -0.2) is 8.42 Å². The van der Waals surface area contributed by atoms with Gasteiger partial charge in [0.15, 0.2) is 9.84 Å². The van der Waals surface area contributed by atoms with Gasteiger partial charge in [0.25, 0.3) is 0 Å². The van der Waals surface area contributed by atoms with E-state index in [0.29, 0.717) is 31.4 Å². The highest BCUT2D eigenvalue weighted by molar-refractivity contribution is 7.93. The zero-order valence-electron chi connectivity index (χ0n) is 10.3. The first-order valence-corrected chi connectivity index (χ1v) is 7.91. The normalized spacial score (nSPS) is 37.7. The standard InChI is InChI=1S/C13H17NO3S/c1-9-4-5-14-12(6-9)13(15)7-10-2-3-11(8-13)18(10,16)17/h4-6,10-11,15H,2-3,7-8H2,1H3. The molecule has 0 saturated carbocycles. The molecule has 0 radical (unpaired) electrons. The number of sulfone groups is 1. The lowest BCUT2D eigenvalue weighted by Gasteiger charge is -2.35. The Kier molecular flexibility index (Phi) is 2.54. The van der Waals surface area contributed by atoms with E-state index in [4.69, 9.17) is 0 Å². The van der Waals surface area contributed by atoms with Crippen LogP contribution in [-0.2, 0) is 15.4 Å². The van der Waals surface area contributed by atoms with Crippen molar-refractivity contribution in [3.05, 3.63) is 29.6 Å². The third kappa shape index (κ3) is 1.68. The fourth-order valence-electron chi connectivity index (χ4n) is 3.25. The van der Waals surface area contributed by atoms with Crippen LogP contribution in [0.4, 0.5) is 0 Å². The van der Waals surface area contributed by atoms with Crippen LogP contribution in [0.1, 0.15) is 36.9 Å². The van der Waals surface area contributed by atoms with Gasteiger partial charge in [0.2, 0.25) is 0 Å². The Hall–Kier alpha value is -0.940. The lowest BCUT2D eigenvalue weighted by atomic mass is 9.89. The maximum atomic E-state index is 12.0. The predicted octanol–water partition coefficient (Wildman–Crippen LogP) is 1.32. The van der Waals surface area contributed by atoms with Crippen LogP contribution in [0.5, 0.6) is 0 Å². The summed E-state index contributed by atoms with van der Waals surface area (Å²) in [5.74, 6) is 0. The van der Waals surface area contributed by atoms with E-state index in [1.165, 1.54) is 0 Å². The molecule has 2 aliphatic heterocycles. The molecule has 1 aromatic heterocycles. The van der Waals surface area contributed by atoms with E-state index in [-0.39, 0.29) is 10.5 Å². The summed E-state index contributed by atoms with van der Waals surface area (Å²) in [6, 6.07) is 3.73. The van der Waals surface area contributed by atoms with Crippen molar-refractivity contribution in [1.29, 1.82) is 0 Å². The summed E-state index contributed by atoms with van der Waals surface area (Å²) in [5.41, 5.74) is 0.590. The minimum atomic E-state index is -3.01. The summed E-state index contributed by atoms with van der Waals surface area (Å²) in [6.07, 6.45) is 3.63. The van der Waals surface area contributed by atoms with Gasteiger partial charge in [0.1, 0.15) is 5.60 Å². The molecule has 2 unspecified atom stereocenters. The Labute approximate surface area is 107 Å². The molecular formula is C13H17NO3S. The predicted molar refractivity (Wildman–Crippen MR) is 67.8 cm³/mol. The molecule has 4 nitrogen and oxygen atoms in total. The Morgan fingerprint density at radius 3 is 2.50 bits per heavy atom. The van der Waals surface area contributed by atoms with E-state index in [1.54, 1.807) is 6.20 Å². The van der Waals surface area contributed by atoms with Gasteiger partial charge in [-0.3, -0.25) is 4.98 Å². The topological polar surface area (TPSA) is 67.3 Å². The maximum Gasteiger partial charge on any atom is 0.156 e. The number of rotatable bonds is 1. The minimum absolute atomic E-state index is 0.294. The summed E-state index contributed by atoms with van der Waals surface area (Å²) < 4.78 is 24.1. The summed E-state index contributed by atoms with van der Waals surface area (Å²) >= 11 is 0. The molecule has 3 rings (SSSR count). The molecule has 5 heteroatoms. The molecule has 3 heterocycles. The monoisotopic (exact) mass is 267 g/mol. The van der Waals surface area contributed by atoms with Crippen molar-refractivity contribution < 1.29 is 13.5 Å². The molecular weight excluding hydrogens is 250 g/mol. The van der Waals surface area contributed by atoms with E-state index in [2.05, 4.69) is 4.98 Å². The quantitative estimate of drug-likeness (QED) is 0.833. The molecule has 0 aliphatic carbocycles. The second-order valence-corrected chi connectivity index (χ2v) is 8.08. The van der Waals surface area contributed by atoms with Gasteiger partial charge in [0.05, 0.1) is 16.2 Å². The first-order valence-electron chi connectivity index (χ1n) is 6.30. The number of pyridine rings is 1. The molecule has 0 aromatic carbocycles. The van der Waals surface area contributed by atoms with E-state index < -0.39 is 15.4 Å². The molecule has 1 N–H and O–H groups in total. The molecule has 2 aliphatic rings. The molecule has 2 fully saturated rings. The van der Waals surface area contributed by atoms with Gasteiger partial charge in [-0.05, 0) is 50.3 Å². The molecule has 18 heavy (non-hydrogen) atoms. The second-order valence-electron chi connectivity index (χ2n) is 5.57. The SMILES string of the molecule is Cc1ccnc(C2(O)CC3CCC(C2)S3(=O)=O)c1. The van der Waals surface area contributed by atoms with Crippen LogP contribution in [0.3, 0.4) is 0 Å². The fraction of sp³-hybridized carbons (Fsp3) is 0.615. The Balaban J connectivity index is 2.00. The van der Waals surface area contributed by atoms with Crippen molar-refractivity contribution in [2.45, 2.75) is 48.7 Å². The van der Waals surface area contributed by atoms with E-state index in [9.17, 15) is 13.5 Å². The average Bonchev–Trinajstić information content (AvgIpc) is 2.51. The van der Waals surface area contributed by atoms with Crippen LogP contribution < -0.4 is 0 Å². The van der Waals surface area contributed by atoms with Crippen LogP contribution >= 0.6 is 0 Å². The number of aromatic nitrogens is 1. The molecule has 2 bridgehead atoms. The van der Waals surface area contributed by atoms with Gasteiger partial charge in [-0.15, -0.1) is 0 Å². The molecule has 2 saturated heterocycles. The zero-order chi connectivity index (χ0) is 13.0. The van der Waals surface area contributed by atoms with Gasteiger partial charge in [-0.1, -0.05) is 0 Å². The van der Waals surface area contributed by atoms with Crippen molar-refractivity contribution in [2.75, 3.05) is 0 Å². The first kappa shape index (κ1) is 12.1. The lowest BCUT2D eigenvalue weighted by molar-refractivity contribution is 0.0130. The third-order valence-corrected chi connectivity index (χ3v) is 6.93. The van der Waals surface area contributed by atoms with Crippen molar-refractivity contribution >= 4 is 9.84 Å². The summed E-state index contributed by atoms with van der Waals surface area (Å²) in [6.45, 7) is 1.95. The van der Waals surface area contributed by atoms with E-state index in [0.717, 1.165) is 5.56 Å².